The number of rotatable bonds is 5. The standard InChI is InChI=1S/C10H15N3O3S/c1-4-5(2)7(10(15)16)11-9(14)8-6(3)12-13-17-8/h5,7H,4H2,1-3H3,(H,11,14)(H,15,16)/t5?,7-/m0/s1. The van der Waals surface area contributed by atoms with E-state index in [0.29, 0.717) is 17.0 Å². The number of aryl methyl sites for hydroxylation is 1. The molecule has 1 unspecified atom stereocenters. The van der Waals surface area contributed by atoms with Gasteiger partial charge >= 0.3 is 5.97 Å². The summed E-state index contributed by atoms with van der Waals surface area (Å²) in [6.07, 6.45) is 0.678. The van der Waals surface area contributed by atoms with E-state index >= 15 is 0 Å². The van der Waals surface area contributed by atoms with Gasteiger partial charge in [-0.1, -0.05) is 24.8 Å². The van der Waals surface area contributed by atoms with Crippen molar-refractivity contribution in [2.45, 2.75) is 33.2 Å². The average Bonchev–Trinajstić information content (AvgIpc) is 2.70. The Morgan fingerprint density at radius 3 is 2.59 bits per heavy atom. The van der Waals surface area contributed by atoms with E-state index in [-0.39, 0.29) is 5.92 Å². The molecular weight excluding hydrogens is 242 g/mol. The SMILES string of the molecule is CCC(C)[C@H](NC(=O)c1snnc1C)C(=O)O. The van der Waals surface area contributed by atoms with Crippen LogP contribution in [0.4, 0.5) is 0 Å². The van der Waals surface area contributed by atoms with Crippen molar-refractivity contribution in [1.82, 2.24) is 14.9 Å². The van der Waals surface area contributed by atoms with Crippen molar-refractivity contribution < 1.29 is 14.7 Å². The van der Waals surface area contributed by atoms with Crippen LogP contribution >= 0.6 is 11.5 Å². The zero-order chi connectivity index (χ0) is 13.0. The van der Waals surface area contributed by atoms with Gasteiger partial charge in [-0.25, -0.2) is 4.79 Å². The lowest BCUT2D eigenvalue weighted by molar-refractivity contribution is -0.140. The molecule has 0 aliphatic rings. The number of amides is 1. The molecule has 0 fully saturated rings. The molecule has 1 rings (SSSR count). The number of hydrogen-bond donors (Lipinski definition) is 2. The highest BCUT2D eigenvalue weighted by atomic mass is 32.1. The van der Waals surface area contributed by atoms with Gasteiger partial charge in [0, 0.05) is 0 Å². The first-order valence-electron chi connectivity index (χ1n) is 5.30. The molecule has 0 saturated heterocycles. The summed E-state index contributed by atoms with van der Waals surface area (Å²) in [6, 6.07) is -0.881. The largest absolute Gasteiger partial charge is 0.480 e. The van der Waals surface area contributed by atoms with E-state index in [2.05, 4.69) is 14.9 Å². The van der Waals surface area contributed by atoms with Crippen LogP contribution in [-0.4, -0.2) is 32.6 Å². The Kier molecular flexibility index (Phi) is 4.56. The van der Waals surface area contributed by atoms with Gasteiger partial charge in [-0.3, -0.25) is 4.79 Å². The van der Waals surface area contributed by atoms with Crippen LogP contribution in [0.5, 0.6) is 0 Å². The molecule has 6 nitrogen and oxygen atoms in total. The lowest BCUT2D eigenvalue weighted by atomic mass is 9.99. The minimum atomic E-state index is -1.03. The Labute approximate surface area is 103 Å². The Balaban J connectivity index is 2.78. The second-order valence-electron chi connectivity index (χ2n) is 3.86. The van der Waals surface area contributed by atoms with Crippen LogP contribution in [0.3, 0.4) is 0 Å². The molecule has 2 atom stereocenters. The fraction of sp³-hybridized carbons (Fsp3) is 0.600. The summed E-state index contributed by atoms with van der Waals surface area (Å²) in [5.74, 6) is -1.58. The van der Waals surface area contributed by atoms with E-state index in [9.17, 15) is 9.59 Å². The monoisotopic (exact) mass is 257 g/mol. The number of carboxylic acids is 1. The topological polar surface area (TPSA) is 92.2 Å². The van der Waals surface area contributed by atoms with Crippen LogP contribution in [0.2, 0.25) is 0 Å². The third-order valence-corrected chi connectivity index (χ3v) is 3.45. The number of nitrogens with one attached hydrogen (secondary N) is 1. The van der Waals surface area contributed by atoms with Gasteiger partial charge in [-0.05, 0) is 24.4 Å². The van der Waals surface area contributed by atoms with E-state index in [1.165, 1.54) is 0 Å². The molecule has 1 aromatic rings. The van der Waals surface area contributed by atoms with Crippen LogP contribution in [0.15, 0.2) is 0 Å². The molecule has 2 N–H and O–H groups in total. The number of hydrogen-bond acceptors (Lipinski definition) is 5. The van der Waals surface area contributed by atoms with Crippen molar-refractivity contribution in [2.24, 2.45) is 5.92 Å². The van der Waals surface area contributed by atoms with Crippen molar-refractivity contribution in [2.75, 3.05) is 0 Å². The highest BCUT2D eigenvalue weighted by Gasteiger charge is 2.27. The predicted molar refractivity (Wildman–Crippen MR) is 63.0 cm³/mol. The summed E-state index contributed by atoms with van der Waals surface area (Å²) in [6.45, 7) is 5.33. The first-order valence-corrected chi connectivity index (χ1v) is 6.07. The maximum Gasteiger partial charge on any atom is 0.326 e. The highest BCUT2D eigenvalue weighted by Crippen LogP contribution is 2.12. The summed E-state index contributed by atoms with van der Waals surface area (Å²) < 4.78 is 3.64. The molecule has 7 heteroatoms. The van der Waals surface area contributed by atoms with Gasteiger partial charge < -0.3 is 10.4 Å². The minimum absolute atomic E-state index is 0.127. The van der Waals surface area contributed by atoms with Crippen molar-refractivity contribution in [3.8, 4) is 0 Å². The predicted octanol–water partition coefficient (Wildman–Crippen LogP) is 1.08. The smallest absolute Gasteiger partial charge is 0.326 e. The number of carboxylic acid groups (broad SMARTS) is 1. The van der Waals surface area contributed by atoms with Crippen molar-refractivity contribution in [3.63, 3.8) is 0 Å². The van der Waals surface area contributed by atoms with Gasteiger partial charge in [0.05, 0.1) is 5.69 Å². The van der Waals surface area contributed by atoms with Gasteiger partial charge in [-0.2, -0.15) is 0 Å². The Morgan fingerprint density at radius 1 is 1.53 bits per heavy atom. The Bertz CT molecular complexity index is 419. The molecule has 0 saturated carbocycles. The molecule has 0 aliphatic carbocycles. The molecular formula is C10H15N3O3S. The van der Waals surface area contributed by atoms with Gasteiger partial charge in [-0.15, -0.1) is 5.10 Å². The van der Waals surface area contributed by atoms with Gasteiger partial charge in [0.15, 0.2) is 0 Å². The van der Waals surface area contributed by atoms with Crippen LogP contribution in [0.25, 0.3) is 0 Å². The maximum atomic E-state index is 11.8. The molecule has 0 radical (unpaired) electrons. The van der Waals surface area contributed by atoms with Crippen LogP contribution in [0.1, 0.15) is 35.6 Å². The first-order chi connectivity index (χ1) is 7.97. The molecule has 94 valence electrons. The Hall–Kier alpha value is -1.50. The number of carbonyl (C=O) groups is 2. The van der Waals surface area contributed by atoms with Crippen molar-refractivity contribution in [3.05, 3.63) is 10.6 Å². The summed E-state index contributed by atoms with van der Waals surface area (Å²) in [5.41, 5.74) is 0.515. The number of carbonyl (C=O) groups excluding carboxylic acids is 1. The molecule has 1 aromatic heterocycles. The molecule has 0 aromatic carbocycles. The maximum absolute atomic E-state index is 11.8. The van der Waals surface area contributed by atoms with Crippen LogP contribution < -0.4 is 5.32 Å². The molecule has 0 bridgehead atoms. The third-order valence-electron chi connectivity index (χ3n) is 2.62. The average molecular weight is 257 g/mol. The van der Waals surface area contributed by atoms with E-state index in [1.807, 2.05) is 6.92 Å². The molecule has 1 amide bonds. The molecule has 0 spiro atoms. The van der Waals surface area contributed by atoms with Crippen LogP contribution in [-0.2, 0) is 4.79 Å². The zero-order valence-corrected chi connectivity index (χ0v) is 10.7. The molecule has 17 heavy (non-hydrogen) atoms. The number of nitrogens with zero attached hydrogens (tertiary/aromatic N) is 2. The third kappa shape index (κ3) is 3.23. The van der Waals surface area contributed by atoms with E-state index in [1.54, 1.807) is 13.8 Å². The fourth-order valence-electron chi connectivity index (χ4n) is 1.33. The highest BCUT2D eigenvalue weighted by molar-refractivity contribution is 7.08. The van der Waals surface area contributed by atoms with Crippen molar-refractivity contribution >= 4 is 23.4 Å². The van der Waals surface area contributed by atoms with Crippen LogP contribution in [0, 0.1) is 12.8 Å². The summed E-state index contributed by atoms with van der Waals surface area (Å²) in [5, 5.41) is 15.3. The molecule has 0 aliphatic heterocycles. The van der Waals surface area contributed by atoms with Gasteiger partial charge in [0.1, 0.15) is 10.9 Å². The normalized spacial score (nSPS) is 14.1. The summed E-state index contributed by atoms with van der Waals surface area (Å²) in [7, 11) is 0. The van der Waals surface area contributed by atoms with Gasteiger partial charge in [0.25, 0.3) is 5.91 Å². The number of aromatic nitrogens is 2. The summed E-state index contributed by atoms with van der Waals surface area (Å²) >= 11 is 0.965. The lowest BCUT2D eigenvalue weighted by Crippen LogP contribution is -2.44. The van der Waals surface area contributed by atoms with E-state index in [0.717, 1.165) is 11.5 Å². The van der Waals surface area contributed by atoms with E-state index in [4.69, 9.17) is 5.11 Å². The second kappa shape index (κ2) is 5.72. The second-order valence-corrected chi connectivity index (χ2v) is 4.62. The number of aliphatic carboxylic acids is 1. The first kappa shape index (κ1) is 13.6. The zero-order valence-electron chi connectivity index (χ0n) is 9.93. The quantitative estimate of drug-likeness (QED) is 0.823. The fourth-order valence-corrected chi connectivity index (χ4v) is 1.89. The summed E-state index contributed by atoms with van der Waals surface area (Å²) in [4.78, 5) is 23.2. The van der Waals surface area contributed by atoms with E-state index < -0.39 is 17.9 Å². The van der Waals surface area contributed by atoms with Crippen molar-refractivity contribution in [1.29, 1.82) is 0 Å². The van der Waals surface area contributed by atoms with Gasteiger partial charge in [0.2, 0.25) is 0 Å². The lowest BCUT2D eigenvalue weighted by Gasteiger charge is -2.19. The molecule has 1 heterocycles. The minimum Gasteiger partial charge on any atom is -0.480 e. The Morgan fingerprint density at radius 2 is 2.18 bits per heavy atom.